The quantitative estimate of drug-likeness (QED) is 0.459. The number of benzene rings is 1. The van der Waals surface area contributed by atoms with Crippen LogP contribution in [0.4, 0.5) is 0 Å². The molecule has 0 N–H and O–H groups in total. The number of amides is 1. The SMILES string of the molecule is CCCCN(CCC[N+](C)(C)C)C(=O)CN1CCC/C1=C\c1ccccc1CCC. The molecule has 0 spiro atoms. The molecule has 1 fully saturated rings. The van der Waals surface area contributed by atoms with Gasteiger partial charge in [-0.2, -0.15) is 0 Å². The van der Waals surface area contributed by atoms with Gasteiger partial charge in [-0.05, 0) is 42.9 Å². The summed E-state index contributed by atoms with van der Waals surface area (Å²) in [4.78, 5) is 17.6. The van der Waals surface area contributed by atoms with Crippen LogP contribution >= 0.6 is 0 Å². The molecule has 2 rings (SSSR count). The Bertz CT molecular complexity index is 690. The minimum atomic E-state index is 0.291. The summed E-state index contributed by atoms with van der Waals surface area (Å²) in [6.45, 7) is 8.81. The number of likely N-dealkylation sites (tertiary alicyclic amines) is 1. The zero-order chi connectivity index (χ0) is 22.0. The molecule has 168 valence electrons. The number of carbonyl (C=O) groups excluding carboxylic acids is 1. The fourth-order valence-corrected chi connectivity index (χ4v) is 4.16. The first-order valence-electron chi connectivity index (χ1n) is 12.0. The minimum Gasteiger partial charge on any atom is -0.365 e. The summed E-state index contributed by atoms with van der Waals surface area (Å²) >= 11 is 0. The third-order valence-corrected chi connectivity index (χ3v) is 5.88. The van der Waals surface area contributed by atoms with Crippen molar-refractivity contribution in [1.82, 2.24) is 9.80 Å². The highest BCUT2D eigenvalue weighted by molar-refractivity contribution is 5.78. The van der Waals surface area contributed by atoms with E-state index in [1.54, 1.807) is 0 Å². The van der Waals surface area contributed by atoms with Crippen molar-refractivity contribution in [3.8, 4) is 0 Å². The first-order chi connectivity index (χ1) is 14.3. The van der Waals surface area contributed by atoms with Gasteiger partial charge < -0.3 is 14.3 Å². The number of nitrogens with zero attached hydrogens (tertiary/aromatic N) is 3. The lowest BCUT2D eigenvalue weighted by Crippen LogP contribution is -2.42. The number of rotatable bonds is 12. The molecule has 0 bridgehead atoms. The van der Waals surface area contributed by atoms with Crippen LogP contribution in [0.25, 0.3) is 6.08 Å². The van der Waals surface area contributed by atoms with E-state index in [-0.39, 0.29) is 0 Å². The monoisotopic (exact) mass is 414 g/mol. The van der Waals surface area contributed by atoms with Crippen molar-refractivity contribution >= 4 is 12.0 Å². The van der Waals surface area contributed by atoms with Gasteiger partial charge in [0.2, 0.25) is 5.91 Å². The summed E-state index contributed by atoms with van der Waals surface area (Å²) in [5.41, 5.74) is 4.06. The first-order valence-corrected chi connectivity index (χ1v) is 12.0. The predicted octanol–water partition coefficient (Wildman–Crippen LogP) is 4.80. The van der Waals surface area contributed by atoms with Gasteiger partial charge in [-0.15, -0.1) is 0 Å². The number of quaternary nitrogens is 1. The van der Waals surface area contributed by atoms with Gasteiger partial charge >= 0.3 is 0 Å². The van der Waals surface area contributed by atoms with Crippen LogP contribution in [0.15, 0.2) is 30.0 Å². The molecular formula is C26H44N3O+. The number of unbranched alkanes of at least 4 members (excludes halogenated alkanes) is 1. The molecule has 0 unspecified atom stereocenters. The summed E-state index contributed by atoms with van der Waals surface area (Å²) < 4.78 is 0.950. The standard InChI is InChI=1S/C26H44N3O/c1-6-8-17-27(19-12-20-29(3,4)5)26(30)22-28-18-11-16-25(28)21-24-15-10-9-14-23(24)13-7-2/h9-10,14-15,21H,6-8,11-13,16-20,22H2,1-5H3/q+1/b25-21+. The Morgan fingerprint density at radius 2 is 1.83 bits per heavy atom. The van der Waals surface area contributed by atoms with Crippen molar-refractivity contribution in [2.24, 2.45) is 0 Å². The van der Waals surface area contributed by atoms with Gasteiger partial charge in [-0.1, -0.05) is 51.0 Å². The molecule has 1 aromatic rings. The van der Waals surface area contributed by atoms with E-state index in [2.05, 4.69) is 75.1 Å². The average Bonchev–Trinajstić information content (AvgIpc) is 3.12. The molecule has 1 amide bonds. The maximum absolute atomic E-state index is 13.2. The van der Waals surface area contributed by atoms with Crippen LogP contribution in [0.2, 0.25) is 0 Å². The van der Waals surface area contributed by atoms with Crippen LogP contribution in [0.3, 0.4) is 0 Å². The van der Waals surface area contributed by atoms with Gasteiger partial charge in [-0.3, -0.25) is 4.79 Å². The molecule has 1 heterocycles. The Morgan fingerprint density at radius 3 is 2.53 bits per heavy atom. The Balaban J connectivity index is 2.04. The fourth-order valence-electron chi connectivity index (χ4n) is 4.16. The third kappa shape index (κ3) is 8.14. The first kappa shape index (κ1) is 24.5. The maximum Gasteiger partial charge on any atom is 0.242 e. The Labute approximate surface area is 185 Å². The van der Waals surface area contributed by atoms with Crippen LogP contribution in [0.5, 0.6) is 0 Å². The molecule has 30 heavy (non-hydrogen) atoms. The number of carbonyl (C=O) groups is 1. The second-order valence-corrected chi connectivity index (χ2v) is 9.71. The summed E-state index contributed by atoms with van der Waals surface area (Å²) in [6.07, 6.45) is 10.1. The number of aryl methyl sites for hydroxylation is 1. The molecule has 1 aliphatic heterocycles. The van der Waals surface area contributed by atoms with Crippen LogP contribution in [0.1, 0.15) is 63.5 Å². The van der Waals surface area contributed by atoms with E-state index in [9.17, 15) is 4.79 Å². The molecule has 1 aromatic carbocycles. The summed E-state index contributed by atoms with van der Waals surface area (Å²) in [7, 11) is 6.65. The molecule has 4 nitrogen and oxygen atoms in total. The number of hydrogen-bond donors (Lipinski definition) is 0. The molecule has 4 heteroatoms. The van der Waals surface area contributed by atoms with Gasteiger partial charge in [0.1, 0.15) is 0 Å². The predicted molar refractivity (Wildman–Crippen MR) is 128 cm³/mol. The zero-order valence-electron chi connectivity index (χ0n) is 20.1. The van der Waals surface area contributed by atoms with E-state index >= 15 is 0 Å². The van der Waals surface area contributed by atoms with Crippen molar-refractivity contribution < 1.29 is 9.28 Å². The van der Waals surface area contributed by atoms with Crippen LogP contribution in [-0.4, -0.2) is 74.1 Å². The van der Waals surface area contributed by atoms with E-state index in [0.717, 1.165) is 75.6 Å². The molecule has 0 atom stereocenters. The van der Waals surface area contributed by atoms with Gasteiger partial charge in [0.15, 0.2) is 0 Å². The number of allylic oxidation sites excluding steroid dienone is 1. The van der Waals surface area contributed by atoms with Crippen molar-refractivity contribution in [2.45, 2.75) is 58.8 Å². The van der Waals surface area contributed by atoms with Gasteiger partial charge in [0.25, 0.3) is 0 Å². The second kappa shape index (κ2) is 12.1. The molecule has 1 saturated heterocycles. The van der Waals surface area contributed by atoms with Crippen molar-refractivity contribution in [3.05, 3.63) is 41.1 Å². The molecule has 0 aromatic heterocycles. The van der Waals surface area contributed by atoms with E-state index in [4.69, 9.17) is 0 Å². The van der Waals surface area contributed by atoms with Crippen molar-refractivity contribution in [1.29, 1.82) is 0 Å². The number of hydrogen-bond acceptors (Lipinski definition) is 2. The lowest BCUT2D eigenvalue weighted by molar-refractivity contribution is -0.870. The van der Waals surface area contributed by atoms with Crippen molar-refractivity contribution in [3.63, 3.8) is 0 Å². The van der Waals surface area contributed by atoms with E-state index < -0.39 is 0 Å². The highest BCUT2D eigenvalue weighted by Gasteiger charge is 2.23. The van der Waals surface area contributed by atoms with E-state index in [1.165, 1.54) is 16.8 Å². The van der Waals surface area contributed by atoms with Crippen LogP contribution in [0, 0.1) is 0 Å². The second-order valence-electron chi connectivity index (χ2n) is 9.71. The van der Waals surface area contributed by atoms with Gasteiger partial charge in [0.05, 0.1) is 34.2 Å². The zero-order valence-corrected chi connectivity index (χ0v) is 20.1. The average molecular weight is 415 g/mol. The summed E-state index contributed by atoms with van der Waals surface area (Å²) in [5.74, 6) is 0.291. The van der Waals surface area contributed by atoms with Crippen LogP contribution < -0.4 is 0 Å². The lowest BCUT2D eigenvalue weighted by Gasteiger charge is -2.29. The highest BCUT2D eigenvalue weighted by atomic mass is 16.2. The Kier molecular flexibility index (Phi) is 9.90. The van der Waals surface area contributed by atoms with Gasteiger partial charge in [0, 0.05) is 31.8 Å². The summed E-state index contributed by atoms with van der Waals surface area (Å²) in [6, 6.07) is 8.70. The largest absolute Gasteiger partial charge is 0.365 e. The van der Waals surface area contributed by atoms with E-state index in [0.29, 0.717) is 12.5 Å². The molecule has 0 saturated carbocycles. The topological polar surface area (TPSA) is 23.6 Å². The third-order valence-electron chi connectivity index (χ3n) is 5.88. The molecule has 0 radical (unpaired) electrons. The smallest absolute Gasteiger partial charge is 0.242 e. The highest BCUT2D eigenvalue weighted by Crippen LogP contribution is 2.25. The van der Waals surface area contributed by atoms with Crippen molar-refractivity contribution in [2.75, 3.05) is 53.9 Å². The minimum absolute atomic E-state index is 0.291. The Morgan fingerprint density at radius 1 is 1.10 bits per heavy atom. The fraction of sp³-hybridized carbons (Fsp3) is 0.654. The lowest BCUT2D eigenvalue weighted by atomic mass is 10.0. The normalized spacial score (nSPS) is 15.8. The molecule has 0 aliphatic carbocycles. The van der Waals surface area contributed by atoms with Gasteiger partial charge in [-0.25, -0.2) is 0 Å². The maximum atomic E-state index is 13.2. The van der Waals surface area contributed by atoms with Crippen LogP contribution in [-0.2, 0) is 11.2 Å². The molecule has 1 aliphatic rings. The molecular weight excluding hydrogens is 370 g/mol. The Hall–Kier alpha value is -1.81. The summed E-state index contributed by atoms with van der Waals surface area (Å²) in [5, 5.41) is 0. The van der Waals surface area contributed by atoms with E-state index in [1.807, 2.05) is 0 Å².